The molecule has 3 aromatic rings. The molecule has 0 aliphatic carbocycles. The zero-order valence-corrected chi connectivity index (χ0v) is 21.6. The van der Waals surface area contributed by atoms with Crippen molar-refractivity contribution in [2.45, 2.75) is 32.1 Å². The summed E-state index contributed by atoms with van der Waals surface area (Å²) in [6, 6.07) is 7.86. The second-order valence-electron chi connectivity index (χ2n) is 8.91. The van der Waals surface area contributed by atoms with E-state index in [9.17, 15) is 22.4 Å². The van der Waals surface area contributed by atoms with E-state index < -0.39 is 46.0 Å². The number of rotatable bonds is 6. The molecule has 4 rings (SSSR count). The average Bonchev–Trinajstić information content (AvgIpc) is 3.14. The zero-order valence-electron chi connectivity index (χ0n) is 20.8. The minimum atomic E-state index is -3.80. The van der Waals surface area contributed by atoms with Gasteiger partial charge in [-0.2, -0.15) is 0 Å². The Morgan fingerprint density at radius 2 is 1.95 bits per heavy atom. The maximum atomic E-state index is 13.5. The van der Waals surface area contributed by atoms with Gasteiger partial charge in [-0.1, -0.05) is 0 Å². The molecule has 0 unspecified atom stereocenters. The summed E-state index contributed by atoms with van der Waals surface area (Å²) < 4.78 is 57.7. The number of fused-ring (bicyclic) bond motifs is 2. The third-order valence-corrected chi connectivity index (χ3v) is 7.20. The number of hydrogen-bond acceptors (Lipinski definition) is 8. The molecule has 1 aliphatic rings. The Morgan fingerprint density at radius 3 is 2.54 bits per heavy atom. The molecule has 0 spiro atoms. The summed E-state index contributed by atoms with van der Waals surface area (Å²) in [4.78, 5) is 24.8. The Morgan fingerprint density at radius 1 is 1.27 bits per heavy atom. The summed E-state index contributed by atoms with van der Waals surface area (Å²) in [5, 5.41) is 3.03. The second-order valence-corrected chi connectivity index (χ2v) is 10.8. The minimum Gasteiger partial charge on any atom is -0.462 e. The fourth-order valence-electron chi connectivity index (χ4n) is 4.25. The van der Waals surface area contributed by atoms with E-state index in [-0.39, 0.29) is 30.1 Å². The molecule has 0 radical (unpaired) electrons. The number of furan rings is 1. The van der Waals surface area contributed by atoms with Gasteiger partial charge in [-0.3, -0.25) is 13.9 Å². The average molecular weight is 534 g/mol. The van der Waals surface area contributed by atoms with E-state index in [0.29, 0.717) is 22.2 Å². The smallest absolute Gasteiger partial charge is 0.322 e. The number of sulfonamides is 1. The van der Waals surface area contributed by atoms with Gasteiger partial charge in [0.15, 0.2) is 0 Å². The topological polar surface area (TPSA) is 141 Å². The summed E-state index contributed by atoms with van der Waals surface area (Å²) in [7, 11) is -2.32. The zero-order chi connectivity index (χ0) is 27.1. The van der Waals surface area contributed by atoms with E-state index in [2.05, 4.69) is 5.32 Å². The van der Waals surface area contributed by atoms with Crippen LogP contribution in [0, 0.1) is 5.82 Å². The molecule has 2 heterocycles. The molecule has 2 aromatic carbocycles. The number of nitrogens with zero attached hydrogens (tertiary/aromatic N) is 1. The Labute approximate surface area is 213 Å². The third kappa shape index (κ3) is 5.31. The number of nitrogens with two attached hydrogens (primary N) is 1. The van der Waals surface area contributed by atoms with Gasteiger partial charge < -0.3 is 24.9 Å². The lowest BCUT2D eigenvalue weighted by molar-refractivity contribution is -0.150. The lowest BCUT2D eigenvalue weighted by Crippen LogP contribution is -2.40. The first-order chi connectivity index (χ1) is 17.4. The number of halogens is 1. The van der Waals surface area contributed by atoms with Crippen LogP contribution in [0.25, 0.3) is 22.3 Å². The molecule has 12 heteroatoms. The Kier molecular flexibility index (Phi) is 7.27. The second kappa shape index (κ2) is 10.1. The number of ether oxygens (including phenoxy) is 2. The van der Waals surface area contributed by atoms with Gasteiger partial charge in [-0.15, -0.1) is 0 Å². The van der Waals surface area contributed by atoms with E-state index >= 15 is 0 Å². The lowest BCUT2D eigenvalue weighted by Gasteiger charge is -2.25. The number of nitrogens with one attached hydrogen (secondary N) is 1. The molecule has 0 saturated heterocycles. The van der Waals surface area contributed by atoms with Crippen LogP contribution in [-0.2, 0) is 24.3 Å². The monoisotopic (exact) mass is 533 g/mol. The van der Waals surface area contributed by atoms with Crippen molar-refractivity contribution in [3.8, 4) is 11.3 Å². The van der Waals surface area contributed by atoms with Crippen LogP contribution in [0.2, 0.25) is 0 Å². The van der Waals surface area contributed by atoms with Crippen molar-refractivity contribution in [3.05, 3.63) is 53.3 Å². The Hall–Kier alpha value is -3.48. The Balaban J connectivity index is 1.86. The molecule has 3 atom stereocenters. The van der Waals surface area contributed by atoms with Crippen molar-refractivity contribution < 1.29 is 36.3 Å². The number of anilines is 1. The van der Waals surface area contributed by atoms with E-state index in [0.717, 1.165) is 10.6 Å². The normalized spacial score (nSPS) is 18.7. The fourth-order valence-corrected chi connectivity index (χ4v) is 5.20. The molecule has 198 valence electrons. The third-order valence-electron chi connectivity index (χ3n) is 6.05. The van der Waals surface area contributed by atoms with Gasteiger partial charge in [0.25, 0.3) is 5.91 Å². The summed E-state index contributed by atoms with van der Waals surface area (Å²) in [6.45, 7) is 2.90. The highest BCUT2D eigenvalue weighted by Gasteiger charge is 2.34. The van der Waals surface area contributed by atoms with Crippen LogP contribution in [0.5, 0.6) is 0 Å². The largest absolute Gasteiger partial charge is 0.462 e. The van der Waals surface area contributed by atoms with Crippen LogP contribution in [0.15, 0.2) is 40.8 Å². The van der Waals surface area contributed by atoms with E-state index in [1.807, 2.05) is 0 Å². The summed E-state index contributed by atoms with van der Waals surface area (Å²) >= 11 is 0. The molecule has 1 aromatic heterocycles. The van der Waals surface area contributed by atoms with Crippen molar-refractivity contribution in [1.82, 2.24) is 5.32 Å². The maximum Gasteiger partial charge on any atom is 0.322 e. The first kappa shape index (κ1) is 26.6. The van der Waals surface area contributed by atoms with Crippen LogP contribution in [0.3, 0.4) is 0 Å². The van der Waals surface area contributed by atoms with Crippen LogP contribution in [0.4, 0.5) is 10.1 Å². The Bertz CT molecular complexity index is 1450. The van der Waals surface area contributed by atoms with E-state index in [4.69, 9.17) is 19.6 Å². The molecule has 10 nitrogen and oxygen atoms in total. The van der Waals surface area contributed by atoms with E-state index in [1.54, 1.807) is 19.1 Å². The SMILES string of the molecule is CNC(=O)c1c(-c2ccc(F)cc2)oc2cc3c(cc12)[C@H](C)O[C@H](COC(=O)[C@H](C)N)CN3S(C)(=O)=O. The van der Waals surface area contributed by atoms with Crippen LogP contribution < -0.4 is 15.4 Å². The summed E-state index contributed by atoms with van der Waals surface area (Å²) in [6.07, 6.45) is -0.351. The number of hydrogen-bond donors (Lipinski definition) is 2. The summed E-state index contributed by atoms with van der Waals surface area (Å²) in [5.74, 6) is -1.29. The predicted molar refractivity (Wildman–Crippen MR) is 135 cm³/mol. The highest BCUT2D eigenvalue weighted by Crippen LogP contribution is 2.42. The maximum absolute atomic E-state index is 13.5. The van der Waals surface area contributed by atoms with Gasteiger partial charge >= 0.3 is 5.97 Å². The molecule has 1 aliphatic heterocycles. The number of esters is 1. The molecule has 37 heavy (non-hydrogen) atoms. The van der Waals surface area contributed by atoms with Gasteiger partial charge in [-0.05, 0) is 44.2 Å². The number of amides is 1. The first-order valence-corrected chi connectivity index (χ1v) is 13.4. The van der Waals surface area contributed by atoms with Crippen molar-refractivity contribution >= 4 is 38.6 Å². The van der Waals surface area contributed by atoms with E-state index in [1.165, 1.54) is 38.2 Å². The highest BCUT2D eigenvalue weighted by atomic mass is 32.2. The number of carbonyl (C=O) groups excluding carboxylic acids is 2. The van der Waals surface area contributed by atoms with Gasteiger partial charge in [0.2, 0.25) is 10.0 Å². The standard InChI is InChI=1S/C25H28FN3O7S/c1-13(27)25(31)34-12-17-11-29(37(4,32)33)20-10-21-19(9-18(20)14(2)35-17)22(24(30)28-3)23(36-21)15-5-7-16(26)8-6-15/h5-10,13-14,17H,11-12,27H2,1-4H3,(H,28,30)/t13-,14-,17-/m0/s1. The molecular weight excluding hydrogens is 505 g/mol. The number of benzene rings is 2. The van der Waals surface area contributed by atoms with Gasteiger partial charge in [0.1, 0.15) is 35.9 Å². The molecular formula is C25H28FN3O7S. The molecule has 0 saturated carbocycles. The van der Waals surface area contributed by atoms with Crippen molar-refractivity contribution in [3.63, 3.8) is 0 Å². The summed E-state index contributed by atoms with van der Waals surface area (Å²) in [5.41, 5.74) is 7.32. The quantitative estimate of drug-likeness (QED) is 0.461. The predicted octanol–water partition coefficient (Wildman–Crippen LogP) is 2.71. The lowest BCUT2D eigenvalue weighted by atomic mass is 10.0. The molecule has 3 N–H and O–H groups in total. The van der Waals surface area contributed by atoms with Crippen molar-refractivity contribution in [2.75, 3.05) is 30.8 Å². The van der Waals surface area contributed by atoms with Crippen molar-refractivity contribution in [1.29, 1.82) is 0 Å². The van der Waals surface area contributed by atoms with Crippen LogP contribution in [0.1, 0.15) is 35.9 Å². The molecule has 1 amide bonds. The van der Waals surface area contributed by atoms with Crippen LogP contribution in [-0.4, -0.2) is 58.9 Å². The first-order valence-electron chi connectivity index (χ1n) is 11.5. The molecule has 0 fully saturated rings. The number of carbonyl (C=O) groups is 2. The fraction of sp³-hybridized carbons (Fsp3) is 0.360. The van der Waals surface area contributed by atoms with Gasteiger partial charge in [0.05, 0.1) is 30.2 Å². The highest BCUT2D eigenvalue weighted by molar-refractivity contribution is 7.92. The van der Waals surface area contributed by atoms with Crippen molar-refractivity contribution in [2.24, 2.45) is 5.73 Å². The minimum absolute atomic E-state index is 0.123. The van der Waals surface area contributed by atoms with Gasteiger partial charge in [0, 0.05) is 29.6 Å². The molecule has 0 bridgehead atoms. The van der Waals surface area contributed by atoms with Gasteiger partial charge in [-0.25, -0.2) is 12.8 Å². The van der Waals surface area contributed by atoms with Crippen LogP contribution >= 0.6 is 0 Å².